The molecule has 0 spiro atoms. The average Bonchev–Trinajstić information content (AvgIpc) is 2.77. The highest BCUT2D eigenvalue weighted by Gasteiger charge is 2.24. The Morgan fingerprint density at radius 1 is 1.07 bits per heavy atom. The highest BCUT2D eigenvalue weighted by molar-refractivity contribution is 5.98. The van der Waals surface area contributed by atoms with Crippen molar-refractivity contribution in [2.24, 2.45) is 0 Å². The van der Waals surface area contributed by atoms with Crippen LogP contribution in [0.1, 0.15) is 40.6 Å². The van der Waals surface area contributed by atoms with Crippen molar-refractivity contribution in [1.82, 2.24) is 24.8 Å². The summed E-state index contributed by atoms with van der Waals surface area (Å²) in [7, 11) is 1.76. The van der Waals surface area contributed by atoms with Crippen molar-refractivity contribution in [3.05, 3.63) is 48.0 Å². The number of hydrogen-bond acceptors (Lipinski definition) is 6. The molecule has 3 rings (SSSR count). The molecule has 0 N–H and O–H groups in total. The lowest BCUT2D eigenvalue weighted by molar-refractivity contribution is 0.0746. The van der Waals surface area contributed by atoms with Crippen molar-refractivity contribution in [3.63, 3.8) is 0 Å². The number of anilines is 1. The minimum absolute atomic E-state index is 0.0821. The third-order valence-corrected chi connectivity index (χ3v) is 4.82. The van der Waals surface area contributed by atoms with Crippen molar-refractivity contribution >= 4 is 17.8 Å². The molecule has 0 aliphatic carbocycles. The van der Waals surface area contributed by atoms with Crippen LogP contribution in [-0.4, -0.2) is 76.3 Å². The number of piperazine rings is 1. The summed E-state index contributed by atoms with van der Waals surface area (Å²) < 4.78 is 0. The van der Waals surface area contributed by atoms with Gasteiger partial charge in [-0.25, -0.2) is 9.97 Å². The van der Waals surface area contributed by atoms with Gasteiger partial charge in [0.05, 0.1) is 0 Å². The van der Waals surface area contributed by atoms with E-state index in [0.717, 1.165) is 12.8 Å². The van der Waals surface area contributed by atoms with Gasteiger partial charge in [-0.1, -0.05) is 13.3 Å². The van der Waals surface area contributed by atoms with E-state index < -0.39 is 0 Å². The molecule has 28 heavy (non-hydrogen) atoms. The molecule has 1 fully saturated rings. The molecule has 0 unspecified atom stereocenters. The minimum Gasteiger partial charge on any atom is -0.340 e. The van der Waals surface area contributed by atoms with Crippen LogP contribution in [0.5, 0.6) is 0 Å². The molecule has 1 aliphatic rings. The predicted octanol–water partition coefficient (Wildman–Crippen LogP) is 1.71. The normalized spacial score (nSPS) is 14.1. The van der Waals surface area contributed by atoms with Gasteiger partial charge in [0.2, 0.25) is 5.95 Å². The maximum Gasteiger partial charge on any atom is 0.272 e. The largest absolute Gasteiger partial charge is 0.340 e. The van der Waals surface area contributed by atoms with Crippen molar-refractivity contribution in [2.75, 3.05) is 44.7 Å². The topological polar surface area (TPSA) is 82.5 Å². The smallest absolute Gasteiger partial charge is 0.272 e. The van der Waals surface area contributed by atoms with Crippen LogP contribution in [0.2, 0.25) is 0 Å². The molecule has 8 heteroatoms. The van der Waals surface area contributed by atoms with Gasteiger partial charge in [0, 0.05) is 63.9 Å². The number of carbonyl (C=O) groups is 2. The van der Waals surface area contributed by atoms with E-state index in [2.05, 4.69) is 26.8 Å². The third kappa shape index (κ3) is 4.62. The number of rotatable bonds is 6. The molecule has 0 atom stereocenters. The first-order valence-electron chi connectivity index (χ1n) is 9.63. The minimum atomic E-state index is -0.158. The van der Waals surface area contributed by atoms with E-state index in [1.54, 1.807) is 47.4 Å². The highest BCUT2D eigenvalue weighted by Crippen LogP contribution is 2.13. The molecule has 148 valence electrons. The second-order valence-electron chi connectivity index (χ2n) is 6.84. The van der Waals surface area contributed by atoms with E-state index >= 15 is 0 Å². The third-order valence-electron chi connectivity index (χ3n) is 4.82. The van der Waals surface area contributed by atoms with E-state index in [9.17, 15) is 9.59 Å². The summed E-state index contributed by atoms with van der Waals surface area (Å²) >= 11 is 0. The number of pyridine rings is 1. The van der Waals surface area contributed by atoms with Gasteiger partial charge in [-0.15, -0.1) is 0 Å². The van der Waals surface area contributed by atoms with Crippen molar-refractivity contribution < 1.29 is 9.59 Å². The van der Waals surface area contributed by atoms with Crippen molar-refractivity contribution in [3.8, 4) is 0 Å². The van der Waals surface area contributed by atoms with Crippen LogP contribution in [0.15, 0.2) is 36.8 Å². The average molecular weight is 382 g/mol. The Labute approximate surface area is 165 Å². The fraction of sp³-hybridized carbons (Fsp3) is 0.450. The molecule has 8 nitrogen and oxygen atoms in total. The van der Waals surface area contributed by atoms with Crippen LogP contribution in [-0.2, 0) is 0 Å². The summed E-state index contributed by atoms with van der Waals surface area (Å²) in [5.74, 6) is 0.442. The summed E-state index contributed by atoms with van der Waals surface area (Å²) in [4.78, 5) is 43.6. The molecule has 2 aromatic heterocycles. The monoisotopic (exact) mass is 382 g/mol. The van der Waals surface area contributed by atoms with E-state index in [1.807, 2.05) is 0 Å². The number of carbonyl (C=O) groups excluding carboxylic acids is 2. The van der Waals surface area contributed by atoms with Gasteiger partial charge in [0.15, 0.2) is 0 Å². The molecule has 2 aromatic rings. The second-order valence-corrected chi connectivity index (χ2v) is 6.84. The maximum absolute atomic E-state index is 12.9. The Morgan fingerprint density at radius 2 is 1.79 bits per heavy atom. The Morgan fingerprint density at radius 3 is 2.46 bits per heavy atom. The highest BCUT2D eigenvalue weighted by atomic mass is 16.2. The molecule has 1 saturated heterocycles. The summed E-state index contributed by atoms with van der Waals surface area (Å²) in [5, 5.41) is 0. The van der Waals surface area contributed by atoms with Gasteiger partial charge in [0.1, 0.15) is 5.69 Å². The summed E-state index contributed by atoms with van der Waals surface area (Å²) in [6, 6.07) is 5.04. The van der Waals surface area contributed by atoms with E-state index in [0.29, 0.717) is 49.9 Å². The fourth-order valence-corrected chi connectivity index (χ4v) is 3.12. The quantitative estimate of drug-likeness (QED) is 0.756. The fourth-order valence-electron chi connectivity index (χ4n) is 3.12. The zero-order chi connectivity index (χ0) is 19.9. The van der Waals surface area contributed by atoms with Gasteiger partial charge in [-0.05, 0) is 24.6 Å². The molecule has 0 saturated carbocycles. The SMILES string of the molecule is CCCCN(C)C(=O)c1cc(C(=O)N2CCN(c3ncccn3)CC2)ccn1. The van der Waals surface area contributed by atoms with Crippen molar-refractivity contribution in [2.45, 2.75) is 19.8 Å². The first-order valence-corrected chi connectivity index (χ1v) is 9.63. The van der Waals surface area contributed by atoms with Crippen LogP contribution < -0.4 is 4.90 Å². The molecule has 1 aliphatic heterocycles. The Hall–Kier alpha value is -3.03. The molecule has 0 bridgehead atoms. The van der Waals surface area contributed by atoms with Crippen LogP contribution in [0.25, 0.3) is 0 Å². The van der Waals surface area contributed by atoms with Crippen LogP contribution in [0.4, 0.5) is 5.95 Å². The molecular weight excluding hydrogens is 356 g/mol. The zero-order valence-corrected chi connectivity index (χ0v) is 16.4. The molecule has 0 radical (unpaired) electrons. The molecule has 0 aromatic carbocycles. The maximum atomic E-state index is 12.9. The second kappa shape index (κ2) is 9.25. The summed E-state index contributed by atoms with van der Waals surface area (Å²) in [6.45, 7) is 5.27. The van der Waals surface area contributed by atoms with E-state index in [1.165, 1.54) is 6.20 Å². The molecule has 3 heterocycles. The number of nitrogens with zero attached hydrogens (tertiary/aromatic N) is 6. The lowest BCUT2D eigenvalue weighted by Gasteiger charge is -2.34. The van der Waals surface area contributed by atoms with E-state index in [4.69, 9.17) is 0 Å². The molecule has 2 amide bonds. The lowest BCUT2D eigenvalue weighted by atomic mass is 10.1. The number of hydrogen-bond donors (Lipinski definition) is 0. The van der Waals surface area contributed by atoms with Crippen LogP contribution in [0.3, 0.4) is 0 Å². The van der Waals surface area contributed by atoms with Crippen molar-refractivity contribution in [1.29, 1.82) is 0 Å². The molecular formula is C20H26N6O2. The first kappa shape index (κ1) is 19.7. The van der Waals surface area contributed by atoms with Gasteiger partial charge >= 0.3 is 0 Å². The van der Waals surface area contributed by atoms with Crippen LogP contribution in [0, 0.1) is 0 Å². The lowest BCUT2D eigenvalue weighted by Crippen LogP contribution is -2.49. The standard InChI is InChI=1S/C20H26N6O2/c1-3-4-10-24(2)19(28)17-15-16(6-9-21-17)18(27)25-11-13-26(14-12-25)20-22-7-5-8-23-20/h5-9,15H,3-4,10-14H2,1-2H3. The van der Waals surface area contributed by atoms with E-state index in [-0.39, 0.29) is 11.8 Å². The number of unbranched alkanes of at least 4 members (excludes halogenated alkanes) is 1. The first-order chi connectivity index (χ1) is 13.6. The summed E-state index contributed by atoms with van der Waals surface area (Å²) in [6.07, 6.45) is 6.92. The van der Waals surface area contributed by atoms with Gasteiger partial charge in [-0.3, -0.25) is 14.6 Å². The number of aromatic nitrogens is 3. The zero-order valence-electron chi connectivity index (χ0n) is 16.4. The Kier molecular flexibility index (Phi) is 6.52. The van der Waals surface area contributed by atoms with Gasteiger partial charge in [0.25, 0.3) is 11.8 Å². The van der Waals surface area contributed by atoms with Crippen LogP contribution >= 0.6 is 0 Å². The number of amides is 2. The predicted molar refractivity (Wildman–Crippen MR) is 106 cm³/mol. The van der Waals surface area contributed by atoms with Gasteiger partial charge < -0.3 is 14.7 Å². The summed E-state index contributed by atoms with van der Waals surface area (Å²) in [5.41, 5.74) is 0.799. The van der Waals surface area contributed by atoms with Gasteiger partial charge in [-0.2, -0.15) is 0 Å². The Balaban J connectivity index is 1.63. The Bertz CT molecular complexity index is 805.